The van der Waals surface area contributed by atoms with Crippen LogP contribution in [-0.2, 0) is 0 Å². The number of aliphatic hydroxyl groups excluding tert-OH is 3. The molecule has 0 radical (unpaired) electrons. The van der Waals surface area contributed by atoms with E-state index < -0.39 is 42.6 Å². The van der Waals surface area contributed by atoms with Crippen LogP contribution in [0.3, 0.4) is 0 Å². The predicted octanol–water partition coefficient (Wildman–Crippen LogP) is -1.95. The molecule has 1 aliphatic rings. The fourth-order valence-electron chi connectivity index (χ4n) is 2.26. The molecule has 5 N–H and O–H groups in total. The lowest BCUT2D eigenvalue weighted by Crippen LogP contribution is -2.36. The number of aliphatic hydroxyl groups is 3. The molecule has 2 rings (SSSR count). The van der Waals surface area contributed by atoms with Crippen LogP contribution in [0.2, 0.25) is 0 Å². The van der Waals surface area contributed by atoms with Gasteiger partial charge in [-0.1, -0.05) is 0 Å². The van der Waals surface area contributed by atoms with Gasteiger partial charge in [0.1, 0.15) is 18.1 Å². The van der Waals surface area contributed by atoms with Crippen molar-refractivity contribution in [2.24, 2.45) is 5.92 Å². The van der Waals surface area contributed by atoms with Crippen LogP contribution in [0.25, 0.3) is 0 Å². The van der Waals surface area contributed by atoms with Gasteiger partial charge in [0.2, 0.25) is 0 Å². The zero-order chi connectivity index (χ0) is 13.4. The Balaban J connectivity index is 2.41. The molecule has 0 aliphatic heterocycles. The summed E-state index contributed by atoms with van der Waals surface area (Å²) < 4.78 is 14.9. The lowest BCUT2D eigenvalue weighted by atomic mass is 10.1. The van der Waals surface area contributed by atoms with Gasteiger partial charge < -0.3 is 21.1 Å². The second-order valence-corrected chi connectivity index (χ2v) is 4.30. The fourth-order valence-corrected chi connectivity index (χ4v) is 2.26. The highest BCUT2D eigenvalue weighted by Crippen LogP contribution is 2.37. The van der Waals surface area contributed by atoms with Gasteiger partial charge in [-0.15, -0.1) is 0 Å². The summed E-state index contributed by atoms with van der Waals surface area (Å²) in [4.78, 5) is 15.0. The number of hydrogen-bond acceptors (Lipinski definition) is 6. The van der Waals surface area contributed by atoms with E-state index in [0.29, 0.717) is 0 Å². The maximum atomic E-state index is 14.0. The molecule has 1 aromatic heterocycles. The average molecular weight is 259 g/mol. The maximum absolute atomic E-state index is 14.0. The zero-order valence-corrected chi connectivity index (χ0v) is 9.35. The molecular formula is C10H14FN3O4. The van der Waals surface area contributed by atoms with E-state index in [2.05, 4.69) is 4.98 Å². The van der Waals surface area contributed by atoms with Gasteiger partial charge in [0.15, 0.2) is 0 Å². The number of nitrogens with zero attached hydrogens (tertiary/aromatic N) is 2. The van der Waals surface area contributed by atoms with E-state index in [1.54, 1.807) is 0 Å². The third-order valence-electron chi connectivity index (χ3n) is 3.26. The molecule has 1 aliphatic carbocycles. The highest BCUT2D eigenvalue weighted by atomic mass is 19.1. The summed E-state index contributed by atoms with van der Waals surface area (Å²) in [6.45, 7) is -0.618. The van der Waals surface area contributed by atoms with Crippen LogP contribution in [0.5, 0.6) is 0 Å². The van der Waals surface area contributed by atoms with E-state index in [4.69, 9.17) is 10.8 Å². The lowest BCUT2D eigenvalue weighted by Gasteiger charge is -2.19. The highest BCUT2D eigenvalue weighted by Gasteiger charge is 2.51. The van der Waals surface area contributed by atoms with Crippen molar-refractivity contribution in [2.45, 2.75) is 24.4 Å². The Bertz CT molecular complexity index is 494. The molecule has 0 saturated heterocycles. The quantitative estimate of drug-likeness (QED) is 0.489. The van der Waals surface area contributed by atoms with Gasteiger partial charge in [-0.05, 0) is 6.07 Å². The summed E-state index contributed by atoms with van der Waals surface area (Å²) in [5, 5.41) is 28.3. The third-order valence-corrected chi connectivity index (χ3v) is 3.26. The van der Waals surface area contributed by atoms with Gasteiger partial charge in [-0.2, -0.15) is 4.98 Å². The number of nitrogen functional groups attached to an aromatic ring is 1. The molecule has 100 valence electrons. The predicted molar refractivity (Wildman–Crippen MR) is 59.4 cm³/mol. The Labute approximate surface area is 101 Å². The van der Waals surface area contributed by atoms with E-state index in [1.165, 1.54) is 12.3 Å². The van der Waals surface area contributed by atoms with Crippen LogP contribution < -0.4 is 11.4 Å². The van der Waals surface area contributed by atoms with Crippen molar-refractivity contribution in [3.05, 3.63) is 22.7 Å². The highest BCUT2D eigenvalue weighted by molar-refractivity contribution is 5.24. The second kappa shape index (κ2) is 4.63. The van der Waals surface area contributed by atoms with Crippen molar-refractivity contribution in [2.75, 3.05) is 12.3 Å². The van der Waals surface area contributed by atoms with Crippen LogP contribution in [-0.4, -0.2) is 49.9 Å². The van der Waals surface area contributed by atoms with Crippen LogP contribution in [0.15, 0.2) is 17.1 Å². The minimum Gasteiger partial charge on any atom is -0.396 e. The van der Waals surface area contributed by atoms with Crippen molar-refractivity contribution in [1.29, 1.82) is 0 Å². The molecule has 7 nitrogen and oxygen atoms in total. The third kappa shape index (κ3) is 1.88. The molecule has 1 heterocycles. The van der Waals surface area contributed by atoms with Gasteiger partial charge in [0.25, 0.3) is 0 Å². The number of halogens is 1. The smallest absolute Gasteiger partial charge is 0.349 e. The Morgan fingerprint density at radius 3 is 2.61 bits per heavy atom. The van der Waals surface area contributed by atoms with Crippen molar-refractivity contribution < 1.29 is 19.7 Å². The molecule has 2 unspecified atom stereocenters. The zero-order valence-electron chi connectivity index (χ0n) is 9.35. The summed E-state index contributed by atoms with van der Waals surface area (Å²) in [7, 11) is 0. The van der Waals surface area contributed by atoms with Crippen LogP contribution in [0.1, 0.15) is 6.04 Å². The molecule has 0 bridgehead atoms. The van der Waals surface area contributed by atoms with Crippen LogP contribution >= 0.6 is 0 Å². The minimum atomic E-state index is -1.75. The number of nitrogens with two attached hydrogens (primary N) is 1. The first kappa shape index (κ1) is 12.9. The normalized spacial score (nSPS) is 35.9. The first-order valence-electron chi connectivity index (χ1n) is 5.43. The van der Waals surface area contributed by atoms with Gasteiger partial charge >= 0.3 is 5.69 Å². The van der Waals surface area contributed by atoms with Gasteiger partial charge in [-0.3, -0.25) is 4.57 Å². The molecule has 1 aromatic rings. The minimum absolute atomic E-state index is 0.0154. The van der Waals surface area contributed by atoms with E-state index in [0.717, 1.165) is 4.57 Å². The Morgan fingerprint density at radius 1 is 1.44 bits per heavy atom. The van der Waals surface area contributed by atoms with Crippen molar-refractivity contribution >= 4 is 5.82 Å². The summed E-state index contributed by atoms with van der Waals surface area (Å²) in [5.74, 6) is -1.15. The molecule has 0 amide bonds. The van der Waals surface area contributed by atoms with Crippen LogP contribution in [0.4, 0.5) is 10.2 Å². The number of aromatic nitrogens is 2. The summed E-state index contributed by atoms with van der Waals surface area (Å²) in [5.41, 5.74) is 4.49. The Morgan fingerprint density at radius 2 is 2.11 bits per heavy atom. The summed E-state index contributed by atoms with van der Waals surface area (Å²) in [6.07, 6.45) is -3.46. The van der Waals surface area contributed by atoms with Gasteiger partial charge in [0.05, 0.1) is 18.8 Å². The first-order chi connectivity index (χ1) is 8.47. The number of alkyl halides is 1. The number of anilines is 1. The standard InChI is InChI=1S/C10H14FN3O4/c11-6-4(3-15)8(16)9(17)7(6)14-2-1-5(12)13-10(14)18/h1-2,4,6-9,15-17H,3H2,(H2,12,13,18)/t4?,6?,7-,8-,9+/m1/s1. The molecule has 0 spiro atoms. The fraction of sp³-hybridized carbons (Fsp3) is 0.600. The largest absolute Gasteiger partial charge is 0.396 e. The first-order valence-corrected chi connectivity index (χ1v) is 5.43. The number of hydrogen-bond donors (Lipinski definition) is 4. The molecule has 8 heteroatoms. The van der Waals surface area contributed by atoms with Crippen molar-refractivity contribution in [1.82, 2.24) is 9.55 Å². The molecule has 18 heavy (non-hydrogen) atoms. The van der Waals surface area contributed by atoms with E-state index in [1.807, 2.05) is 0 Å². The van der Waals surface area contributed by atoms with E-state index in [9.17, 15) is 19.4 Å². The van der Waals surface area contributed by atoms with E-state index in [-0.39, 0.29) is 5.82 Å². The van der Waals surface area contributed by atoms with Crippen LogP contribution in [0, 0.1) is 5.92 Å². The average Bonchev–Trinajstić information content (AvgIpc) is 2.52. The van der Waals surface area contributed by atoms with E-state index >= 15 is 0 Å². The Hall–Kier alpha value is -1.51. The van der Waals surface area contributed by atoms with Gasteiger partial charge in [-0.25, -0.2) is 9.18 Å². The molecule has 5 atom stereocenters. The van der Waals surface area contributed by atoms with Gasteiger partial charge in [0, 0.05) is 12.1 Å². The monoisotopic (exact) mass is 259 g/mol. The van der Waals surface area contributed by atoms with Crippen molar-refractivity contribution in [3.63, 3.8) is 0 Å². The maximum Gasteiger partial charge on any atom is 0.349 e. The topological polar surface area (TPSA) is 122 Å². The second-order valence-electron chi connectivity index (χ2n) is 4.30. The SMILES string of the molecule is Nc1ccn([C@@H]2C(F)C(CO)[C@@H](O)[C@H]2O)c(=O)n1. The molecule has 1 saturated carbocycles. The Kier molecular flexibility index (Phi) is 3.33. The lowest BCUT2D eigenvalue weighted by molar-refractivity contribution is -0.00559. The molecule has 1 fully saturated rings. The number of rotatable bonds is 2. The summed E-state index contributed by atoms with van der Waals surface area (Å²) >= 11 is 0. The molecule has 0 aromatic carbocycles. The summed E-state index contributed by atoms with van der Waals surface area (Å²) in [6, 6.07) is 0.0113. The van der Waals surface area contributed by atoms with Crippen molar-refractivity contribution in [3.8, 4) is 0 Å². The molecular weight excluding hydrogens is 245 g/mol.